The van der Waals surface area contributed by atoms with Crippen LogP contribution in [0.1, 0.15) is 37.7 Å². The summed E-state index contributed by atoms with van der Waals surface area (Å²) in [7, 11) is -7.50. The summed E-state index contributed by atoms with van der Waals surface area (Å²) >= 11 is 5.97. The first-order chi connectivity index (χ1) is 15.8. The fourth-order valence-electron chi connectivity index (χ4n) is 4.24. The number of piperidine rings is 1. The highest BCUT2D eigenvalue weighted by Crippen LogP contribution is 2.26. The van der Waals surface area contributed by atoms with E-state index in [4.69, 9.17) is 16.3 Å². The van der Waals surface area contributed by atoms with Gasteiger partial charge < -0.3 is 4.74 Å². The normalized spacial score (nSPS) is 20.4. The molecule has 0 aromatic heterocycles. The Morgan fingerprint density at radius 3 is 2.12 bits per heavy atom. The van der Waals surface area contributed by atoms with E-state index in [0.29, 0.717) is 24.7 Å². The summed E-state index contributed by atoms with van der Waals surface area (Å²) in [6.07, 6.45) is 4.26. The zero-order valence-corrected chi connectivity index (χ0v) is 20.8. The maximum Gasteiger partial charge on any atom is 0.243 e. The molecule has 0 N–H and O–H groups in total. The summed E-state index contributed by atoms with van der Waals surface area (Å²) in [5.41, 5.74) is 0.810. The minimum Gasteiger partial charge on any atom is -0.377 e. The fourth-order valence-corrected chi connectivity index (χ4v) is 7.35. The van der Waals surface area contributed by atoms with Crippen LogP contribution in [0.5, 0.6) is 0 Å². The lowest BCUT2D eigenvalue weighted by atomic mass is 10.2. The van der Waals surface area contributed by atoms with Crippen LogP contribution < -0.4 is 0 Å². The monoisotopic (exact) mass is 512 g/mol. The van der Waals surface area contributed by atoms with Crippen LogP contribution in [0, 0.1) is 0 Å². The van der Waals surface area contributed by atoms with Crippen molar-refractivity contribution in [3.63, 3.8) is 0 Å². The molecular formula is C23H29ClN2O5S2. The molecule has 1 unspecified atom stereocenters. The number of hydrogen-bond acceptors (Lipinski definition) is 5. The molecule has 2 aromatic rings. The molecule has 10 heteroatoms. The van der Waals surface area contributed by atoms with Gasteiger partial charge in [0, 0.05) is 37.8 Å². The predicted octanol–water partition coefficient (Wildman–Crippen LogP) is 3.88. The van der Waals surface area contributed by atoms with Crippen LogP contribution in [0.15, 0.2) is 58.3 Å². The molecule has 1 atom stereocenters. The number of sulfonamides is 2. The van der Waals surface area contributed by atoms with E-state index in [0.717, 1.165) is 37.7 Å². The minimum absolute atomic E-state index is 0.0621. The van der Waals surface area contributed by atoms with E-state index in [1.54, 1.807) is 24.3 Å². The number of halogens is 1. The summed E-state index contributed by atoms with van der Waals surface area (Å²) in [4.78, 5) is 0.179. The van der Waals surface area contributed by atoms with Gasteiger partial charge in [-0.3, -0.25) is 0 Å². The van der Waals surface area contributed by atoms with Gasteiger partial charge in [-0.2, -0.15) is 8.61 Å². The molecule has 2 fully saturated rings. The van der Waals surface area contributed by atoms with E-state index >= 15 is 0 Å². The fraction of sp³-hybridized carbons (Fsp3) is 0.478. The number of hydrogen-bond donors (Lipinski definition) is 0. The summed E-state index contributed by atoms with van der Waals surface area (Å²) < 4.78 is 61.5. The highest BCUT2D eigenvalue weighted by Gasteiger charge is 2.31. The number of nitrogens with zero attached hydrogens (tertiary/aromatic N) is 2. The van der Waals surface area contributed by atoms with Crippen LogP contribution in [0.4, 0.5) is 0 Å². The molecule has 33 heavy (non-hydrogen) atoms. The molecule has 2 saturated heterocycles. The first kappa shape index (κ1) is 24.6. The Balaban J connectivity index is 1.58. The molecule has 0 saturated carbocycles. The highest BCUT2D eigenvalue weighted by atomic mass is 35.5. The van der Waals surface area contributed by atoms with Crippen molar-refractivity contribution < 1.29 is 21.6 Å². The van der Waals surface area contributed by atoms with Gasteiger partial charge in [0.15, 0.2) is 0 Å². The third-order valence-corrected chi connectivity index (χ3v) is 10.1. The van der Waals surface area contributed by atoms with Crippen LogP contribution in [0.25, 0.3) is 0 Å². The Kier molecular flexibility index (Phi) is 7.77. The standard InChI is InChI=1S/C23H29ClN2O5S2/c24-20-8-6-19(7-9-20)17-26(18-21-5-4-16-31-21)33(29,30)23-12-10-22(11-13-23)32(27,28)25-14-2-1-3-15-25/h6-13,21H,1-5,14-18H2. The second kappa shape index (κ2) is 10.4. The summed E-state index contributed by atoms with van der Waals surface area (Å²) in [5, 5.41) is 0.581. The van der Waals surface area contributed by atoms with Crippen molar-refractivity contribution in [1.82, 2.24) is 8.61 Å². The number of ether oxygens (including phenoxy) is 1. The third-order valence-electron chi connectivity index (χ3n) is 6.12. The van der Waals surface area contributed by atoms with Crippen LogP contribution >= 0.6 is 11.6 Å². The number of benzene rings is 2. The molecule has 0 bridgehead atoms. The van der Waals surface area contributed by atoms with Crippen LogP contribution in [0.3, 0.4) is 0 Å². The molecule has 0 aliphatic carbocycles. The Bertz CT molecular complexity index is 1140. The molecule has 0 amide bonds. The molecule has 2 aromatic carbocycles. The molecule has 2 aliphatic rings. The lowest BCUT2D eigenvalue weighted by Gasteiger charge is -2.26. The lowest BCUT2D eigenvalue weighted by Crippen LogP contribution is -2.37. The van der Waals surface area contributed by atoms with E-state index < -0.39 is 20.0 Å². The molecule has 0 spiro atoms. The van der Waals surface area contributed by atoms with E-state index in [9.17, 15) is 16.8 Å². The molecular weight excluding hydrogens is 484 g/mol. The van der Waals surface area contributed by atoms with Crippen molar-refractivity contribution in [2.75, 3.05) is 26.2 Å². The maximum atomic E-state index is 13.5. The van der Waals surface area contributed by atoms with Crippen molar-refractivity contribution in [2.24, 2.45) is 0 Å². The first-order valence-electron chi connectivity index (χ1n) is 11.2. The van der Waals surface area contributed by atoms with Crippen LogP contribution in [-0.2, 0) is 31.3 Å². The van der Waals surface area contributed by atoms with Gasteiger partial charge in [0.25, 0.3) is 0 Å². The molecule has 0 radical (unpaired) electrons. The van der Waals surface area contributed by atoms with Gasteiger partial charge in [0.05, 0.1) is 15.9 Å². The van der Waals surface area contributed by atoms with Gasteiger partial charge in [-0.25, -0.2) is 16.8 Å². The first-order valence-corrected chi connectivity index (χ1v) is 14.5. The zero-order chi connectivity index (χ0) is 23.5. The topological polar surface area (TPSA) is 84.0 Å². The Hall–Kier alpha value is -1.49. The summed E-state index contributed by atoms with van der Waals surface area (Å²) in [5.74, 6) is 0. The van der Waals surface area contributed by atoms with Gasteiger partial charge in [0.2, 0.25) is 20.0 Å². The smallest absolute Gasteiger partial charge is 0.243 e. The van der Waals surface area contributed by atoms with Crippen molar-refractivity contribution in [3.8, 4) is 0 Å². The van der Waals surface area contributed by atoms with Gasteiger partial charge in [-0.15, -0.1) is 0 Å². The van der Waals surface area contributed by atoms with Gasteiger partial charge in [0.1, 0.15) is 0 Å². The maximum absolute atomic E-state index is 13.5. The minimum atomic E-state index is -3.87. The number of rotatable bonds is 8. The van der Waals surface area contributed by atoms with E-state index in [1.807, 2.05) is 0 Å². The van der Waals surface area contributed by atoms with Gasteiger partial charge >= 0.3 is 0 Å². The summed E-state index contributed by atoms with van der Waals surface area (Å²) in [6, 6.07) is 12.6. The largest absolute Gasteiger partial charge is 0.377 e. The zero-order valence-electron chi connectivity index (χ0n) is 18.4. The predicted molar refractivity (Wildman–Crippen MR) is 127 cm³/mol. The van der Waals surface area contributed by atoms with Crippen LogP contribution in [-0.4, -0.2) is 57.8 Å². The SMILES string of the molecule is O=S(=O)(c1ccc(S(=O)(=O)N(Cc2ccc(Cl)cc2)CC2CCCO2)cc1)N1CCCCC1. The van der Waals surface area contributed by atoms with E-state index in [2.05, 4.69) is 0 Å². The molecule has 4 rings (SSSR count). The molecule has 180 valence electrons. The second-order valence-electron chi connectivity index (χ2n) is 8.50. The third kappa shape index (κ3) is 5.78. The average molecular weight is 513 g/mol. The molecule has 2 heterocycles. The average Bonchev–Trinajstić information content (AvgIpc) is 3.34. The Morgan fingerprint density at radius 2 is 1.52 bits per heavy atom. The lowest BCUT2D eigenvalue weighted by molar-refractivity contribution is 0.0926. The summed E-state index contributed by atoms with van der Waals surface area (Å²) in [6.45, 7) is 2.03. The van der Waals surface area contributed by atoms with Crippen molar-refractivity contribution in [3.05, 3.63) is 59.1 Å². The second-order valence-corrected chi connectivity index (χ2v) is 12.8. The van der Waals surface area contributed by atoms with Crippen LogP contribution in [0.2, 0.25) is 5.02 Å². The molecule has 2 aliphatic heterocycles. The molecule has 7 nitrogen and oxygen atoms in total. The van der Waals surface area contributed by atoms with Gasteiger partial charge in [-0.05, 0) is 67.6 Å². The van der Waals surface area contributed by atoms with Crippen molar-refractivity contribution >= 4 is 31.6 Å². The quantitative estimate of drug-likeness (QED) is 0.536. The van der Waals surface area contributed by atoms with Crippen molar-refractivity contribution in [2.45, 2.75) is 54.5 Å². The van der Waals surface area contributed by atoms with E-state index in [-0.39, 0.29) is 29.0 Å². The highest BCUT2D eigenvalue weighted by molar-refractivity contribution is 7.89. The Labute approximate surface area is 201 Å². The Morgan fingerprint density at radius 1 is 0.879 bits per heavy atom. The van der Waals surface area contributed by atoms with Crippen molar-refractivity contribution in [1.29, 1.82) is 0 Å². The van der Waals surface area contributed by atoms with E-state index in [1.165, 1.54) is 32.9 Å². The van der Waals surface area contributed by atoms with Gasteiger partial charge in [-0.1, -0.05) is 30.2 Å².